The standard InChI is InChI=1S/C28H30N4O6/c1-28(2,3)38-27(36)32-25-29-14-17(15-30-25)12-13-23(24(33)34)31-26(35)37-16-22-20-10-6-4-8-18(20)19-9-5-7-11-21(19)22/h4-11,14-15,22-23H,12-13,16H2,1-3H3,(H,31,35)(H,33,34)(H,29,30,32,36)/t23-/m1/s1. The number of nitrogens with one attached hydrogen (secondary N) is 2. The topological polar surface area (TPSA) is 140 Å². The summed E-state index contributed by atoms with van der Waals surface area (Å²) < 4.78 is 10.6. The summed E-state index contributed by atoms with van der Waals surface area (Å²) in [5, 5.41) is 14.5. The van der Waals surface area contributed by atoms with Gasteiger partial charge in [0.2, 0.25) is 5.95 Å². The fraction of sp³-hybridized carbons (Fsp3) is 0.321. The van der Waals surface area contributed by atoms with Crippen LogP contribution >= 0.6 is 0 Å². The number of rotatable bonds is 8. The fourth-order valence-corrected chi connectivity index (χ4v) is 4.29. The lowest BCUT2D eigenvalue weighted by Gasteiger charge is -2.19. The lowest BCUT2D eigenvalue weighted by atomic mass is 9.98. The number of alkyl carbamates (subject to hydrolysis) is 1. The average molecular weight is 519 g/mol. The van der Waals surface area contributed by atoms with Gasteiger partial charge in [-0.1, -0.05) is 48.5 Å². The SMILES string of the molecule is CC(C)(C)OC(=O)Nc1ncc(CC[C@@H](NC(=O)OCC2c3ccccc3-c3ccccc32)C(=O)O)cn1. The lowest BCUT2D eigenvalue weighted by Crippen LogP contribution is -2.41. The van der Waals surface area contributed by atoms with Crippen LogP contribution in [0.1, 0.15) is 49.8 Å². The minimum absolute atomic E-state index is 0.0644. The highest BCUT2D eigenvalue weighted by Crippen LogP contribution is 2.44. The van der Waals surface area contributed by atoms with E-state index in [0.29, 0.717) is 5.56 Å². The minimum Gasteiger partial charge on any atom is -0.480 e. The Kier molecular flexibility index (Phi) is 7.90. The van der Waals surface area contributed by atoms with Gasteiger partial charge in [0, 0.05) is 18.3 Å². The maximum Gasteiger partial charge on any atom is 0.414 e. The third-order valence-corrected chi connectivity index (χ3v) is 5.97. The largest absolute Gasteiger partial charge is 0.480 e. The summed E-state index contributed by atoms with van der Waals surface area (Å²) in [6.07, 6.45) is 1.86. The quantitative estimate of drug-likeness (QED) is 0.388. The second-order valence-corrected chi connectivity index (χ2v) is 9.94. The van der Waals surface area contributed by atoms with Gasteiger partial charge in [0.1, 0.15) is 18.2 Å². The summed E-state index contributed by atoms with van der Waals surface area (Å²) in [6.45, 7) is 5.32. The number of carboxylic acids is 1. The number of carboxylic acid groups (broad SMARTS) is 1. The molecule has 0 unspecified atom stereocenters. The van der Waals surface area contributed by atoms with Gasteiger partial charge in [0.15, 0.2) is 0 Å². The second kappa shape index (κ2) is 11.3. The second-order valence-electron chi connectivity index (χ2n) is 9.94. The minimum atomic E-state index is -1.18. The molecule has 1 aromatic heterocycles. The number of nitrogens with zero attached hydrogens (tertiary/aromatic N) is 2. The van der Waals surface area contributed by atoms with Crippen LogP contribution in [0.25, 0.3) is 11.1 Å². The van der Waals surface area contributed by atoms with E-state index in [4.69, 9.17) is 9.47 Å². The molecule has 0 spiro atoms. The molecule has 10 nitrogen and oxygen atoms in total. The maximum atomic E-state index is 12.5. The Bertz CT molecular complexity index is 1270. The number of carbonyl (C=O) groups excluding carboxylic acids is 2. The van der Waals surface area contributed by atoms with Gasteiger partial charge in [0.25, 0.3) is 0 Å². The highest BCUT2D eigenvalue weighted by molar-refractivity contribution is 5.82. The van der Waals surface area contributed by atoms with Gasteiger partial charge in [-0.25, -0.2) is 24.4 Å². The molecule has 0 radical (unpaired) electrons. The van der Waals surface area contributed by atoms with Gasteiger partial charge < -0.3 is 19.9 Å². The van der Waals surface area contributed by atoms with E-state index >= 15 is 0 Å². The number of aliphatic carboxylic acids is 1. The molecule has 1 heterocycles. The Balaban J connectivity index is 1.30. The van der Waals surface area contributed by atoms with Crippen molar-refractivity contribution < 1.29 is 29.0 Å². The first kappa shape index (κ1) is 26.6. The molecule has 1 atom stereocenters. The van der Waals surface area contributed by atoms with E-state index in [1.165, 1.54) is 12.4 Å². The van der Waals surface area contributed by atoms with Gasteiger partial charge in [-0.3, -0.25) is 5.32 Å². The molecule has 0 saturated carbocycles. The summed E-state index contributed by atoms with van der Waals surface area (Å²) in [5.74, 6) is -1.24. The van der Waals surface area contributed by atoms with E-state index < -0.39 is 29.8 Å². The van der Waals surface area contributed by atoms with Crippen molar-refractivity contribution in [2.45, 2.75) is 51.2 Å². The summed E-state index contributed by atoms with van der Waals surface area (Å²) in [6, 6.07) is 14.8. The van der Waals surface area contributed by atoms with Crippen LogP contribution < -0.4 is 10.6 Å². The van der Waals surface area contributed by atoms with E-state index in [1.807, 2.05) is 48.5 Å². The Morgan fingerprint density at radius 1 is 0.947 bits per heavy atom. The first-order valence-electron chi connectivity index (χ1n) is 12.3. The summed E-state index contributed by atoms with van der Waals surface area (Å²) in [5.41, 5.74) is 4.34. The van der Waals surface area contributed by atoms with Crippen LogP contribution in [0, 0.1) is 0 Å². The molecule has 2 amide bonds. The molecule has 4 rings (SSSR count). The van der Waals surface area contributed by atoms with Crippen molar-refractivity contribution in [2.24, 2.45) is 0 Å². The van der Waals surface area contributed by atoms with Crippen molar-refractivity contribution in [3.8, 4) is 11.1 Å². The van der Waals surface area contributed by atoms with Crippen molar-refractivity contribution in [2.75, 3.05) is 11.9 Å². The molecule has 38 heavy (non-hydrogen) atoms. The van der Waals surface area contributed by atoms with Crippen LogP contribution in [0.4, 0.5) is 15.5 Å². The normalized spacial score (nSPS) is 13.1. The smallest absolute Gasteiger partial charge is 0.414 e. The number of fused-ring (bicyclic) bond motifs is 3. The maximum absolute atomic E-state index is 12.5. The third-order valence-electron chi connectivity index (χ3n) is 5.97. The Morgan fingerprint density at radius 3 is 2.08 bits per heavy atom. The zero-order valence-corrected chi connectivity index (χ0v) is 21.4. The zero-order chi connectivity index (χ0) is 27.3. The molecule has 0 saturated heterocycles. The molecule has 2 aromatic carbocycles. The summed E-state index contributed by atoms with van der Waals surface area (Å²) >= 11 is 0. The number of hydrogen-bond donors (Lipinski definition) is 3. The molecule has 198 valence electrons. The van der Waals surface area contributed by atoms with Gasteiger partial charge >= 0.3 is 18.2 Å². The van der Waals surface area contributed by atoms with Crippen molar-refractivity contribution >= 4 is 24.1 Å². The molecule has 10 heteroatoms. The molecule has 3 N–H and O–H groups in total. The Labute approximate surface area is 220 Å². The number of aromatic nitrogens is 2. The summed E-state index contributed by atoms with van der Waals surface area (Å²) in [4.78, 5) is 44.2. The van der Waals surface area contributed by atoms with Crippen LogP contribution in [0.2, 0.25) is 0 Å². The number of anilines is 1. The molecule has 1 aliphatic carbocycles. The van der Waals surface area contributed by atoms with Crippen LogP contribution in [0.3, 0.4) is 0 Å². The van der Waals surface area contributed by atoms with E-state index in [9.17, 15) is 19.5 Å². The van der Waals surface area contributed by atoms with Gasteiger partial charge in [-0.2, -0.15) is 0 Å². The number of hydrogen-bond acceptors (Lipinski definition) is 7. The lowest BCUT2D eigenvalue weighted by molar-refractivity contribution is -0.139. The number of ether oxygens (including phenoxy) is 2. The molecule has 3 aromatic rings. The molecular formula is C28H30N4O6. The molecule has 0 bridgehead atoms. The molecule has 0 fully saturated rings. The van der Waals surface area contributed by atoms with Crippen molar-refractivity contribution in [1.82, 2.24) is 15.3 Å². The number of benzene rings is 2. The van der Waals surface area contributed by atoms with E-state index in [2.05, 4.69) is 20.6 Å². The van der Waals surface area contributed by atoms with Gasteiger partial charge in [0.05, 0.1) is 0 Å². The van der Waals surface area contributed by atoms with E-state index in [0.717, 1.165) is 22.3 Å². The number of aryl methyl sites for hydroxylation is 1. The molecule has 0 aliphatic heterocycles. The Hall–Kier alpha value is -4.47. The van der Waals surface area contributed by atoms with Crippen LogP contribution in [0.15, 0.2) is 60.9 Å². The van der Waals surface area contributed by atoms with Crippen LogP contribution in [-0.2, 0) is 20.7 Å². The predicted octanol–water partition coefficient (Wildman–Crippen LogP) is 4.75. The van der Waals surface area contributed by atoms with E-state index in [-0.39, 0.29) is 31.3 Å². The highest BCUT2D eigenvalue weighted by Gasteiger charge is 2.29. The van der Waals surface area contributed by atoms with Gasteiger partial charge in [-0.05, 0) is 61.4 Å². The monoisotopic (exact) mass is 518 g/mol. The zero-order valence-electron chi connectivity index (χ0n) is 21.4. The summed E-state index contributed by atoms with van der Waals surface area (Å²) in [7, 11) is 0. The van der Waals surface area contributed by atoms with Crippen LogP contribution in [0.5, 0.6) is 0 Å². The van der Waals surface area contributed by atoms with E-state index in [1.54, 1.807) is 20.8 Å². The van der Waals surface area contributed by atoms with Crippen molar-refractivity contribution in [3.63, 3.8) is 0 Å². The number of amides is 2. The highest BCUT2D eigenvalue weighted by atomic mass is 16.6. The predicted molar refractivity (Wildman–Crippen MR) is 140 cm³/mol. The first-order chi connectivity index (χ1) is 18.1. The fourth-order valence-electron chi connectivity index (χ4n) is 4.29. The van der Waals surface area contributed by atoms with Crippen molar-refractivity contribution in [3.05, 3.63) is 77.6 Å². The van der Waals surface area contributed by atoms with Crippen LogP contribution in [-0.4, -0.2) is 51.5 Å². The first-order valence-corrected chi connectivity index (χ1v) is 12.3. The number of carbonyl (C=O) groups is 3. The average Bonchev–Trinajstić information content (AvgIpc) is 3.18. The van der Waals surface area contributed by atoms with Crippen molar-refractivity contribution in [1.29, 1.82) is 0 Å². The van der Waals surface area contributed by atoms with Gasteiger partial charge in [-0.15, -0.1) is 0 Å². The molecule has 1 aliphatic rings. The Morgan fingerprint density at radius 2 is 1.53 bits per heavy atom. The third kappa shape index (κ3) is 6.64. The molecular weight excluding hydrogens is 488 g/mol.